The first kappa shape index (κ1) is 14.1. The number of ether oxygens (including phenoxy) is 1. The second-order valence-corrected chi connectivity index (χ2v) is 6.11. The lowest BCUT2D eigenvalue weighted by Gasteiger charge is -2.07. The van der Waals surface area contributed by atoms with Gasteiger partial charge >= 0.3 is 0 Å². The first-order chi connectivity index (χ1) is 10.1. The van der Waals surface area contributed by atoms with Gasteiger partial charge in [0.05, 0.1) is 17.9 Å². The van der Waals surface area contributed by atoms with Crippen molar-refractivity contribution < 1.29 is 4.74 Å². The molecule has 0 amide bonds. The fourth-order valence-electron chi connectivity index (χ4n) is 2.22. The lowest BCUT2D eigenvalue weighted by Crippen LogP contribution is -2.11. The van der Waals surface area contributed by atoms with Crippen LogP contribution in [-0.4, -0.2) is 17.1 Å². The van der Waals surface area contributed by atoms with Crippen LogP contribution in [0.5, 0.6) is 5.75 Å². The van der Waals surface area contributed by atoms with Crippen LogP contribution in [-0.2, 0) is 0 Å². The van der Waals surface area contributed by atoms with E-state index in [4.69, 9.17) is 16.3 Å². The number of benzene rings is 1. The molecule has 0 saturated carbocycles. The number of hydrogen-bond acceptors (Lipinski definition) is 4. The Kier molecular flexibility index (Phi) is 3.69. The molecular weight excluding hydrogens is 308 g/mol. The van der Waals surface area contributed by atoms with E-state index in [2.05, 4.69) is 9.97 Å². The van der Waals surface area contributed by atoms with E-state index in [9.17, 15) is 4.79 Å². The van der Waals surface area contributed by atoms with E-state index in [0.29, 0.717) is 16.0 Å². The topological polar surface area (TPSA) is 55.0 Å². The number of fused-ring (bicyclic) bond motifs is 1. The Morgan fingerprint density at radius 3 is 2.81 bits per heavy atom. The van der Waals surface area contributed by atoms with Gasteiger partial charge in [0, 0.05) is 16.5 Å². The summed E-state index contributed by atoms with van der Waals surface area (Å²) in [7, 11) is 1.61. The van der Waals surface area contributed by atoms with Gasteiger partial charge in [-0.05, 0) is 13.0 Å². The fourth-order valence-corrected chi connectivity index (χ4v) is 3.27. The summed E-state index contributed by atoms with van der Waals surface area (Å²) in [6.45, 7) is 1.78. The minimum Gasteiger partial charge on any atom is -0.496 e. The van der Waals surface area contributed by atoms with E-state index in [0.717, 1.165) is 16.9 Å². The molecule has 21 heavy (non-hydrogen) atoms. The second kappa shape index (κ2) is 5.50. The molecule has 0 bridgehead atoms. The third kappa shape index (κ3) is 2.43. The summed E-state index contributed by atoms with van der Waals surface area (Å²) in [5.41, 5.74) is 1.53. The van der Waals surface area contributed by atoms with Crippen LogP contribution in [0.2, 0.25) is 0 Å². The summed E-state index contributed by atoms with van der Waals surface area (Å²) in [5.74, 6) is 1.22. The van der Waals surface area contributed by atoms with Crippen molar-refractivity contribution >= 4 is 33.2 Å². The van der Waals surface area contributed by atoms with Gasteiger partial charge in [0.25, 0.3) is 5.56 Å². The predicted molar refractivity (Wildman–Crippen MR) is 86.5 cm³/mol. The van der Waals surface area contributed by atoms with Crippen LogP contribution in [0, 0.1) is 0 Å². The van der Waals surface area contributed by atoms with Gasteiger partial charge in [0.15, 0.2) is 0 Å². The molecule has 1 aromatic carbocycles. The summed E-state index contributed by atoms with van der Waals surface area (Å²) >= 11 is 7.43. The number of methoxy groups -OCH3 is 1. The molecule has 0 spiro atoms. The van der Waals surface area contributed by atoms with Crippen molar-refractivity contribution in [2.75, 3.05) is 7.11 Å². The molecule has 6 heteroatoms. The Labute approximate surface area is 130 Å². The normalized spacial score (nSPS) is 12.5. The number of hydrogen-bond donors (Lipinski definition) is 1. The number of alkyl halides is 1. The van der Waals surface area contributed by atoms with E-state index in [-0.39, 0.29) is 10.9 Å². The van der Waals surface area contributed by atoms with E-state index in [1.807, 2.05) is 29.6 Å². The highest BCUT2D eigenvalue weighted by molar-refractivity contribution is 7.17. The molecule has 0 aliphatic carbocycles. The van der Waals surface area contributed by atoms with Crippen LogP contribution in [0.25, 0.3) is 21.3 Å². The SMILES string of the molecule is COc1ccccc1-c1csc2nc(C(C)Cl)[nH]c(=O)c12. The van der Waals surface area contributed by atoms with Gasteiger partial charge in [0.1, 0.15) is 16.4 Å². The number of H-pyrrole nitrogens is 1. The maximum absolute atomic E-state index is 12.4. The highest BCUT2D eigenvalue weighted by atomic mass is 35.5. The lowest BCUT2D eigenvalue weighted by molar-refractivity contribution is 0.416. The molecule has 0 radical (unpaired) electrons. The molecule has 0 aliphatic rings. The monoisotopic (exact) mass is 320 g/mol. The van der Waals surface area contributed by atoms with Crippen molar-refractivity contribution in [3.05, 3.63) is 45.8 Å². The summed E-state index contributed by atoms with van der Waals surface area (Å²) in [6.07, 6.45) is 0. The van der Waals surface area contributed by atoms with Crippen molar-refractivity contribution in [3.8, 4) is 16.9 Å². The van der Waals surface area contributed by atoms with Crippen molar-refractivity contribution in [2.45, 2.75) is 12.3 Å². The van der Waals surface area contributed by atoms with Gasteiger partial charge in [-0.2, -0.15) is 0 Å². The molecule has 3 rings (SSSR count). The predicted octanol–water partition coefficient (Wildman–Crippen LogP) is 3.96. The average Bonchev–Trinajstić information content (AvgIpc) is 2.91. The Balaban J connectivity index is 2.28. The van der Waals surface area contributed by atoms with Crippen molar-refractivity contribution in [1.29, 1.82) is 0 Å². The summed E-state index contributed by atoms with van der Waals surface area (Å²) < 4.78 is 5.37. The fraction of sp³-hybridized carbons (Fsp3) is 0.200. The molecule has 1 unspecified atom stereocenters. The molecule has 1 atom stereocenters. The van der Waals surface area contributed by atoms with Crippen LogP contribution in [0.1, 0.15) is 18.1 Å². The number of aromatic nitrogens is 2. The van der Waals surface area contributed by atoms with Crippen LogP contribution in [0.4, 0.5) is 0 Å². The van der Waals surface area contributed by atoms with Gasteiger partial charge in [-0.25, -0.2) is 4.98 Å². The minimum absolute atomic E-state index is 0.176. The van der Waals surface area contributed by atoms with Gasteiger partial charge < -0.3 is 9.72 Å². The largest absolute Gasteiger partial charge is 0.496 e. The van der Waals surface area contributed by atoms with Crippen LogP contribution in [0.3, 0.4) is 0 Å². The van der Waals surface area contributed by atoms with Crippen molar-refractivity contribution in [3.63, 3.8) is 0 Å². The molecule has 0 saturated heterocycles. The van der Waals surface area contributed by atoms with Gasteiger partial charge in [-0.1, -0.05) is 18.2 Å². The average molecular weight is 321 g/mol. The second-order valence-electron chi connectivity index (χ2n) is 4.60. The molecule has 3 aromatic rings. The standard InChI is InChI=1S/C15H13ClN2O2S/c1-8(16)13-17-14(19)12-10(7-21-15(12)18-13)9-5-3-4-6-11(9)20-2/h3-8H,1-2H3,(H,17,18,19). The Morgan fingerprint density at radius 2 is 2.10 bits per heavy atom. The number of aromatic amines is 1. The summed E-state index contributed by atoms with van der Waals surface area (Å²) in [6, 6.07) is 7.61. The molecule has 1 N–H and O–H groups in total. The zero-order valence-electron chi connectivity index (χ0n) is 11.5. The minimum atomic E-state index is -0.334. The zero-order chi connectivity index (χ0) is 15.0. The Hall–Kier alpha value is -1.85. The Morgan fingerprint density at radius 1 is 1.33 bits per heavy atom. The van der Waals surface area contributed by atoms with Crippen molar-refractivity contribution in [1.82, 2.24) is 9.97 Å². The molecule has 2 heterocycles. The van der Waals surface area contributed by atoms with Crippen LogP contribution in [0.15, 0.2) is 34.4 Å². The smallest absolute Gasteiger partial charge is 0.260 e. The van der Waals surface area contributed by atoms with Crippen LogP contribution < -0.4 is 10.3 Å². The van der Waals surface area contributed by atoms with Gasteiger partial charge in [-0.15, -0.1) is 22.9 Å². The first-order valence-corrected chi connectivity index (χ1v) is 7.72. The quantitative estimate of drug-likeness (QED) is 0.743. The molecular formula is C15H13ClN2O2S. The number of nitrogens with one attached hydrogen (secondary N) is 1. The molecule has 108 valence electrons. The van der Waals surface area contributed by atoms with E-state index >= 15 is 0 Å². The lowest BCUT2D eigenvalue weighted by atomic mass is 10.1. The zero-order valence-corrected chi connectivity index (χ0v) is 13.1. The third-order valence-corrected chi connectivity index (χ3v) is 4.32. The van der Waals surface area contributed by atoms with E-state index in [1.54, 1.807) is 14.0 Å². The van der Waals surface area contributed by atoms with E-state index in [1.165, 1.54) is 11.3 Å². The third-order valence-electron chi connectivity index (χ3n) is 3.24. The number of halogens is 1. The highest BCUT2D eigenvalue weighted by Crippen LogP contribution is 2.36. The summed E-state index contributed by atoms with van der Waals surface area (Å²) in [5, 5.41) is 2.16. The maximum atomic E-state index is 12.4. The molecule has 0 aliphatic heterocycles. The molecule has 0 fully saturated rings. The Bertz CT molecular complexity index is 854. The van der Waals surface area contributed by atoms with Crippen LogP contribution >= 0.6 is 22.9 Å². The number of rotatable bonds is 3. The number of para-hydroxylation sites is 1. The molecule has 4 nitrogen and oxygen atoms in total. The van der Waals surface area contributed by atoms with Gasteiger partial charge in [0.2, 0.25) is 0 Å². The number of nitrogens with zero attached hydrogens (tertiary/aromatic N) is 1. The number of thiophene rings is 1. The highest BCUT2D eigenvalue weighted by Gasteiger charge is 2.16. The van der Waals surface area contributed by atoms with Crippen molar-refractivity contribution in [2.24, 2.45) is 0 Å². The first-order valence-electron chi connectivity index (χ1n) is 6.40. The maximum Gasteiger partial charge on any atom is 0.260 e. The van der Waals surface area contributed by atoms with Gasteiger partial charge in [-0.3, -0.25) is 4.79 Å². The summed E-state index contributed by atoms with van der Waals surface area (Å²) in [4.78, 5) is 20.2. The molecule has 2 aromatic heterocycles. The van der Waals surface area contributed by atoms with E-state index < -0.39 is 0 Å².